The molecule has 2 N–H and O–H groups in total. The minimum absolute atomic E-state index is 0.00197. The first kappa shape index (κ1) is 22.9. The Morgan fingerprint density at radius 3 is 2.94 bits per heavy atom. The van der Waals surface area contributed by atoms with Crippen LogP contribution in [0.5, 0.6) is 5.88 Å². The molecule has 2 aromatic heterocycles. The van der Waals surface area contributed by atoms with Crippen molar-refractivity contribution in [3.8, 4) is 5.88 Å². The van der Waals surface area contributed by atoms with E-state index in [1.807, 2.05) is 6.92 Å². The number of rotatable bonds is 7. The van der Waals surface area contributed by atoms with E-state index in [1.54, 1.807) is 24.7 Å². The van der Waals surface area contributed by atoms with E-state index < -0.39 is 38.3 Å². The van der Waals surface area contributed by atoms with Crippen LogP contribution in [0, 0.1) is 5.92 Å². The highest BCUT2D eigenvalue weighted by Crippen LogP contribution is 2.58. The lowest BCUT2D eigenvalue weighted by atomic mass is 10.0. The van der Waals surface area contributed by atoms with Crippen LogP contribution in [0.15, 0.2) is 6.33 Å². The second-order valence-corrected chi connectivity index (χ2v) is 9.15. The Morgan fingerprint density at radius 2 is 2.22 bits per heavy atom. The van der Waals surface area contributed by atoms with Gasteiger partial charge in [-0.25, -0.2) is 9.55 Å². The van der Waals surface area contributed by atoms with Gasteiger partial charge in [-0.1, -0.05) is 6.92 Å². The van der Waals surface area contributed by atoms with Crippen molar-refractivity contribution < 1.29 is 37.1 Å². The summed E-state index contributed by atoms with van der Waals surface area (Å²) in [5, 5.41) is 0. The predicted molar refractivity (Wildman–Crippen MR) is 110 cm³/mol. The molecule has 0 aromatic carbocycles. The van der Waals surface area contributed by atoms with Crippen LogP contribution in [-0.4, -0.2) is 64.1 Å². The average molecular weight is 471 g/mol. The Bertz CT molecular complexity index is 1050. The van der Waals surface area contributed by atoms with Crippen molar-refractivity contribution in [3.63, 3.8) is 0 Å². The van der Waals surface area contributed by atoms with Crippen molar-refractivity contribution in [2.75, 3.05) is 26.1 Å². The topological polar surface area (TPSA) is 159 Å². The van der Waals surface area contributed by atoms with Crippen LogP contribution in [0.3, 0.4) is 0 Å². The zero-order valence-corrected chi connectivity index (χ0v) is 19.1. The molecule has 2 fully saturated rings. The van der Waals surface area contributed by atoms with E-state index in [1.165, 1.54) is 7.11 Å². The second-order valence-electron chi connectivity index (χ2n) is 7.58. The second kappa shape index (κ2) is 8.91. The van der Waals surface area contributed by atoms with Gasteiger partial charge in [0.05, 0.1) is 39.2 Å². The van der Waals surface area contributed by atoms with Crippen molar-refractivity contribution in [2.45, 2.75) is 51.7 Å². The molecule has 4 rings (SSSR count). The van der Waals surface area contributed by atoms with Gasteiger partial charge in [0.25, 0.3) is 0 Å². The number of anilines is 1. The molecule has 4 heterocycles. The Balaban J connectivity index is 1.50. The summed E-state index contributed by atoms with van der Waals surface area (Å²) >= 11 is 0. The average Bonchev–Trinajstić information content (AvgIpc) is 3.28. The molecule has 0 spiro atoms. The fourth-order valence-corrected chi connectivity index (χ4v) is 5.49. The largest absolute Gasteiger partial charge is 0.479 e. The highest BCUT2D eigenvalue weighted by molar-refractivity contribution is 7.48. The predicted octanol–water partition coefficient (Wildman–Crippen LogP) is 1.83. The van der Waals surface area contributed by atoms with Gasteiger partial charge in [-0.2, -0.15) is 9.97 Å². The van der Waals surface area contributed by atoms with Gasteiger partial charge in [0.15, 0.2) is 11.2 Å². The summed E-state index contributed by atoms with van der Waals surface area (Å²) in [6.07, 6.45) is -0.835. The van der Waals surface area contributed by atoms with Crippen molar-refractivity contribution >= 4 is 30.9 Å². The fraction of sp³-hybridized carbons (Fsp3) is 0.667. The number of methoxy groups -OCH3 is 1. The van der Waals surface area contributed by atoms with Gasteiger partial charge < -0.3 is 19.9 Å². The normalized spacial score (nSPS) is 30.8. The number of phosphoric ester groups is 1. The molecule has 0 bridgehead atoms. The first-order chi connectivity index (χ1) is 15.2. The molecular weight excluding hydrogens is 445 g/mol. The van der Waals surface area contributed by atoms with Gasteiger partial charge in [-0.15, -0.1) is 0 Å². The molecule has 2 aliphatic rings. The standard InChI is InChI=1S/C18H26N5O8P/c1-5-27-12(24)6-9(2)30-32(25)28-7-11-14(31-32)10(3)17(29-11)23-8-20-13-15(23)21-18(19)22-16(13)26-4/h8-11,14,17H,5-7H2,1-4H3,(H2,19,21,22)/t9-,10-,11+,14-,17+,32+/m0/s1. The number of fused-ring (bicyclic) bond motifs is 2. The summed E-state index contributed by atoms with van der Waals surface area (Å²) in [7, 11) is -2.43. The van der Waals surface area contributed by atoms with E-state index in [0.717, 1.165) is 0 Å². The highest BCUT2D eigenvalue weighted by atomic mass is 31.2. The molecule has 0 unspecified atom stereocenters. The lowest BCUT2D eigenvalue weighted by Crippen LogP contribution is -2.36. The maximum Gasteiger partial charge on any atom is 0.475 e. The van der Waals surface area contributed by atoms with E-state index in [4.69, 9.17) is 33.5 Å². The van der Waals surface area contributed by atoms with Crippen molar-refractivity contribution in [1.82, 2.24) is 19.5 Å². The van der Waals surface area contributed by atoms with E-state index in [0.29, 0.717) is 11.2 Å². The smallest absolute Gasteiger partial charge is 0.475 e. The zero-order valence-electron chi connectivity index (χ0n) is 18.2. The number of ether oxygens (including phenoxy) is 3. The lowest BCUT2D eigenvalue weighted by molar-refractivity contribution is -0.145. The summed E-state index contributed by atoms with van der Waals surface area (Å²) in [4.78, 5) is 24.3. The minimum Gasteiger partial charge on any atom is -0.479 e. The number of phosphoric acid groups is 1. The van der Waals surface area contributed by atoms with E-state index in [9.17, 15) is 9.36 Å². The number of nitrogens with two attached hydrogens (primary N) is 1. The van der Waals surface area contributed by atoms with Crippen LogP contribution in [0.2, 0.25) is 0 Å². The fourth-order valence-electron chi connectivity index (χ4n) is 3.85. The SMILES string of the molecule is CCOC(=O)C[C@H](C)O[P@@]1(=O)OC[C@H]2O[C@@H](n3cnc4c(OC)nc(N)nc43)[C@@H](C)[C@@H]2O1. The number of imidazole rings is 1. The van der Waals surface area contributed by atoms with Crippen LogP contribution in [0.25, 0.3) is 11.2 Å². The number of hydrogen-bond acceptors (Lipinski definition) is 12. The number of esters is 1. The minimum atomic E-state index is -3.90. The highest BCUT2D eigenvalue weighted by Gasteiger charge is 2.52. The van der Waals surface area contributed by atoms with Crippen molar-refractivity contribution in [1.29, 1.82) is 0 Å². The zero-order chi connectivity index (χ0) is 23.0. The van der Waals surface area contributed by atoms with E-state index in [2.05, 4.69) is 15.0 Å². The number of nitrogen functional groups attached to an aromatic ring is 1. The molecule has 0 radical (unpaired) electrons. The quantitative estimate of drug-likeness (QED) is 0.462. The van der Waals surface area contributed by atoms with Crippen molar-refractivity contribution in [3.05, 3.63) is 6.33 Å². The van der Waals surface area contributed by atoms with Crippen molar-refractivity contribution in [2.24, 2.45) is 5.92 Å². The first-order valence-corrected chi connectivity index (χ1v) is 11.7. The third-order valence-corrected chi connectivity index (χ3v) is 6.82. The Morgan fingerprint density at radius 1 is 1.44 bits per heavy atom. The van der Waals surface area contributed by atoms with E-state index in [-0.39, 0.29) is 37.4 Å². The summed E-state index contributed by atoms with van der Waals surface area (Å²) in [6.45, 7) is 5.45. The Kier molecular flexibility index (Phi) is 6.37. The molecule has 2 aliphatic heterocycles. The summed E-state index contributed by atoms with van der Waals surface area (Å²) < 4.78 is 47.6. The van der Waals surface area contributed by atoms with Crippen LogP contribution in [-0.2, 0) is 32.4 Å². The molecule has 0 amide bonds. The first-order valence-electron chi connectivity index (χ1n) is 10.2. The molecule has 0 saturated carbocycles. The molecule has 2 saturated heterocycles. The molecule has 2 aromatic rings. The molecule has 32 heavy (non-hydrogen) atoms. The van der Waals surface area contributed by atoms with Crippen LogP contribution >= 0.6 is 7.82 Å². The van der Waals surface area contributed by atoms with Crippen LogP contribution in [0.4, 0.5) is 5.95 Å². The van der Waals surface area contributed by atoms with Gasteiger partial charge in [0.2, 0.25) is 11.8 Å². The number of hydrogen-bond donors (Lipinski definition) is 1. The molecule has 13 nitrogen and oxygen atoms in total. The third kappa shape index (κ3) is 4.30. The molecule has 176 valence electrons. The van der Waals surface area contributed by atoms with E-state index >= 15 is 0 Å². The molecule has 14 heteroatoms. The summed E-state index contributed by atoms with van der Waals surface area (Å²) in [5.74, 6) is -0.432. The summed E-state index contributed by atoms with van der Waals surface area (Å²) in [5.41, 5.74) is 6.67. The van der Waals surface area contributed by atoms with Gasteiger partial charge in [0, 0.05) is 5.92 Å². The third-order valence-electron chi connectivity index (χ3n) is 5.24. The van der Waals surface area contributed by atoms with Gasteiger partial charge in [-0.05, 0) is 13.8 Å². The lowest BCUT2D eigenvalue weighted by Gasteiger charge is -2.32. The van der Waals surface area contributed by atoms with Gasteiger partial charge >= 0.3 is 13.8 Å². The molecular formula is C18H26N5O8P. The Labute approximate surface area is 184 Å². The number of aromatic nitrogens is 4. The van der Waals surface area contributed by atoms with Crippen LogP contribution in [0.1, 0.15) is 33.4 Å². The summed E-state index contributed by atoms with van der Waals surface area (Å²) in [6, 6.07) is 0. The number of carbonyl (C=O) groups excluding carboxylic acids is 1. The monoisotopic (exact) mass is 471 g/mol. The maximum absolute atomic E-state index is 13.1. The van der Waals surface area contributed by atoms with Gasteiger partial charge in [0.1, 0.15) is 18.4 Å². The van der Waals surface area contributed by atoms with Gasteiger partial charge in [-0.3, -0.25) is 22.9 Å². The van der Waals surface area contributed by atoms with Crippen LogP contribution < -0.4 is 10.5 Å². The Hall–Kier alpha value is -2.31. The molecule has 0 aliphatic carbocycles. The maximum atomic E-state index is 13.1. The number of nitrogens with zero attached hydrogens (tertiary/aromatic N) is 4. The molecule has 6 atom stereocenters. The number of carbonyl (C=O) groups is 1.